The molecule has 1 rings (SSSR count). The van der Waals surface area contributed by atoms with Gasteiger partial charge in [-0.2, -0.15) is 13.2 Å². The maximum absolute atomic E-state index is 11.7. The maximum Gasteiger partial charge on any atom is 0.411 e. The summed E-state index contributed by atoms with van der Waals surface area (Å²) in [5.41, 5.74) is 3.20. The topological polar surface area (TPSA) is 90.1 Å². The van der Waals surface area contributed by atoms with Crippen LogP contribution in [-0.2, 0) is 11.5 Å². The van der Waals surface area contributed by atoms with Crippen molar-refractivity contribution < 1.29 is 17.9 Å². The molecule has 0 aliphatic carbocycles. The number of rotatable bonds is 3. The number of ether oxygens (including phenoxy) is 1. The molecule has 0 unspecified atom stereocenters. The summed E-state index contributed by atoms with van der Waals surface area (Å²) in [5.74, 6) is 0. The van der Waals surface area contributed by atoms with E-state index in [-0.39, 0.29) is 5.69 Å². The van der Waals surface area contributed by atoms with Crippen molar-refractivity contribution >= 4 is 5.69 Å². The molecule has 0 aliphatic rings. The Balaban J connectivity index is 2.72. The average molecular weight is 239 g/mol. The zero-order valence-electron chi connectivity index (χ0n) is 7.87. The summed E-state index contributed by atoms with van der Waals surface area (Å²) >= 11 is 0. The van der Waals surface area contributed by atoms with Gasteiger partial charge >= 0.3 is 11.9 Å². The van der Waals surface area contributed by atoms with E-state index < -0.39 is 30.8 Å². The predicted octanol–water partition coefficient (Wildman–Crippen LogP) is -0.345. The van der Waals surface area contributed by atoms with Crippen molar-refractivity contribution in [2.24, 2.45) is 0 Å². The minimum atomic E-state index is -4.47. The Hall–Kier alpha value is -1.77. The molecule has 0 spiro atoms. The van der Waals surface area contributed by atoms with E-state index in [2.05, 4.69) is 4.74 Å². The fraction of sp³-hybridized carbons (Fsp3) is 0.429. The molecule has 0 bridgehead atoms. The van der Waals surface area contributed by atoms with Gasteiger partial charge in [0.15, 0.2) is 0 Å². The first-order chi connectivity index (χ1) is 7.29. The second-order valence-electron chi connectivity index (χ2n) is 2.91. The molecule has 0 radical (unpaired) electrons. The number of aromatic nitrogens is 2. The van der Waals surface area contributed by atoms with E-state index in [9.17, 15) is 22.8 Å². The number of alkyl halides is 3. The molecule has 9 heteroatoms. The number of anilines is 1. The molecule has 1 heterocycles. The molecular formula is C7H8F3N3O3. The van der Waals surface area contributed by atoms with Crippen LogP contribution >= 0.6 is 0 Å². The highest BCUT2D eigenvalue weighted by molar-refractivity contribution is 5.29. The van der Waals surface area contributed by atoms with Gasteiger partial charge in [0.25, 0.3) is 5.56 Å². The van der Waals surface area contributed by atoms with Crippen molar-refractivity contribution in [2.75, 3.05) is 12.3 Å². The Morgan fingerprint density at radius 1 is 1.44 bits per heavy atom. The summed E-state index contributed by atoms with van der Waals surface area (Å²) < 4.78 is 40.1. The molecule has 0 saturated heterocycles. The van der Waals surface area contributed by atoms with Crippen LogP contribution in [0.3, 0.4) is 0 Å². The summed E-state index contributed by atoms with van der Waals surface area (Å²) in [6.07, 6.45) is -3.56. The summed E-state index contributed by atoms with van der Waals surface area (Å²) in [4.78, 5) is 23.7. The van der Waals surface area contributed by atoms with Gasteiger partial charge in [0, 0.05) is 6.20 Å². The first-order valence-electron chi connectivity index (χ1n) is 4.03. The molecule has 90 valence electrons. The summed E-state index contributed by atoms with van der Waals surface area (Å²) in [7, 11) is 0. The molecule has 1 aromatic rings. The molecule has 16 heavy (non-hydrogen) atoms. The Morgan fingerprint density at radius 3 is 2.62 bits per heavy atom. The van der Waals surface area contributed by atoms with Crippen molar-refractivity contribution in [2.45, 2.75) is 12.9 Å². The van der Waals surface area contributed by atoms with E-state index in [0.717, 1.165) is 10.8 Å². The number of nitrogens with one attached hydrogen (secondary N) is 1. The van der Waals surface area contributed by atoms with Gasteiger partial charge in [-0.05, 0) is 0 Å². The van der Waals surface area contributed by atoms with Crippen molar-refractivity contribution in [1.29, 1.82) is 0 Å². The van der Waals surface area contributed by atoms with Gasteiger partial charge in [-0.15, -0.1) is 0 Å². The highest BCUT2D eigenvalue weighted by Crippen LogP contribution is 2.14. The van der Waals surface area contributed by atoms with Crippen molar-refractivity contribution in [3.05, 3.63) is 27.0 Å². The minimum Gasteiger partial charge on any atom is -0.393 e. The number of nitrogens with two attached hydrogens (primary N) is 1. The maximum atomic E-state index is 11.7. The van der Waals surface area contributed by atoms with Crippen LogP contribution in [0, 0.1) is 0 Å². The zero-order valence-corrected chi connectivity index (χ0v) is 7.87. The van der Waals surface area contributed by atoms with Gasteiger partial charge in [0.1, 0.15) is 19.0 Å². The third kappa shape index (κ3) is 3.42. The summed E-state index contributed by atoms with van der Waals surface area (Å²) in [5, 5.41) is 0. The van der Waals surface area contributed by atoms with Gasteiger partial charge in [-0.1, -0.05) is 0 Å². The lowest BCUT2D eigenvalue weighted by Gasteiger charge is -2.09. The highest BCUT2D eigenvalue weighted by Gasteiger charge is 2.27. The third-order valence-corrected chi connectivity index (χ3v) is 1.53. The SMILES string of the molecule is Nc1cn(COCC(F)(F)F)c(=O)[nH]c1=O. The van der Waals surface area contributed by atoms with E-state index in [0.29, 0.717) is 0 Å². The monoisotopic (exact) mass is 239 g/mol. The number of nitrogen functional groups attached to an aromatic ring is 1. The molecule has 3 N–H and O–H groups in total. The summed E-state index contributed by atoms with van der Waals surface area (Å²) in [6.45, 7) is -2.13. The Labute approximate surface area is 86.4 Å². The summed E-state index contributed by atoms with van der Waals surface area (Å²) in [6, 6.07) is 0. The number of nitrogens with zero attached hydrogens (tertiary/aromatic N) is 1. The van der Waals surface area contributed by atoms with Crippen LogP contribution in [0.5, 0.6) is 0 Å². The van der Waals surface area contributed by atoms with E-state index in [1.54, 1.807) is 0 Å². The van der Waals surface area contributed by atoms with Gasteiger partial charge in [0.05, 0.1) is 0 Å². The lowest BCUT2D eigenvalue weighted by Crippen LogP contribution is -2.32. The van der Waals surface area contributed by atoms with Crippen LogP contribution in [0.25, 0.3) is 0 Å². The van der Waals surface area contributed by atoms with Crippen LogP contribution in [0.15, 0.2) is 15.8 Å². The average Bonchev–Trinajstić information content (AvgIpc) is 2.11. The normalized spacial score (nSPS) is 11.7. The smallest absolute Gasteiger partial charge is 0.393 e. The van der Waals surface area contributed by atoms with Crippen LogP contribution < -0.4 is 17.0 Å². The predicted molar refractivity (Wildman–Crippen MR) is 47.7 cm³/mol. The van der Waals surface area contributed by atoms with Gasteiger partial charge in [-0.3, -0.25) is 14.3 Å². The Kier molecular flexibility index (Phi) is 3.38. The van der Waals surface area contributed by atoms with Gasteiger partial charge in [0.2, 0.25) is 0 Å². The van der Waals surface area contributed by atoms with Crippen LogP contribution in [0.2, 0.25) is 0 Å². The molecule has 0 atom stereocenters. The fourth-order valence-corrected chi connectivity index (χ4v) is 0.882. The third-order valence-electron chi connectivity index (χ3n) is 1.53. The van der Waals surface area contributed by atoms with E-state index in [1.165, 1.54) is 0 Å². The Bertz CT molecular complexity index is 476. The van der Waals surface area contributed by atoms with Gasteiger partial charge in [-0.25, -0.2) is 4.79 Å². The Morgan fingerprint density at radius 2 is 2.06 bits per heavy atom. The standard InChI is InChI=1S/C7H8F3N3O3/c8-7(9,10)2-16-3-13-1-4(11)5(14)12-6(13)15/h1H,2-3,11H2,(H,12,14,15). The molecule has 0 aromatic carbocycles. The van der Waals surface area contributed by atoms with Crippen LogP contribution in [-0.4, -0.2) is 22.3 Å². The molecular weight excluding hydrogens is 231 g/mol. The van der Waals surface area contributed by atoms with Gasteiger partial charge < -0.3 is 10.5 Å². The number of halogens is 3. The number of hydrogen-bond donors (Lipinski definition) is 2. The highest BCUT2D eigenvalue weighted by atomic mass is 19.4. The molecule has 6 nitrogen and oxygen atoms in total. The number of H-pyrrole nitrogens is 1. The lowest BCUT2D eigenvalue weighted by molar-refractivity contribution is -0.182. The first kappa shape index (κ1) is 12.3. The minimum absolute atomic E-state index is 0.282. The van der Waals surface area contributed by atoms with E-state index in [1.807, 2.05) is 4.98 Å². The molecule has 0 fully saturated rings. The van der Waals surface area contributed by atoms with Crippen molar-refractivity contribution in [1.82, 2.24) is 9.55 Å². The molecule has 1 aromatic heterocycles. The largest absolute Gasteiger partial charge is 0.411 e. The van der Waals surface area contributed by atoms with E-state index in [4.69, 9.17) is 5.73 Å². The quantitative estimate of drug-likeness (QED) is 0.754. The lowest BCUT2D eigenvalue weighted by atomic mass is 10.5. The number of hydrogen-bond acceptors (Lipinski definition) is 4. The van der Waals surface area contributed by atoms with Crippen molar-refractivity contribution in [3.63, 3.8) is 0 Å². The van der Waals surface area contributed by atoms with E-state index >= 15 is 0 Å². The molecule has 0 aliphatic heterocycles. The second-order valence-corrected chi connectivity index (χ2v) is 2.91. The second kappa shape index (κ2) is 4.39. The fourth-order valence-electron chi connectivity index (χ4n) is 0.882. The number of aromatic amines is 1. The molecule has 0 saturated carbocycles. The first-order valence-corrected chi connectivity index (χ1v) is 4.03. The van der Waals surface area contributed by atoms with Crippen LogP contribution in [0.4, 0.5) is 18.9 Å². The van der Waals surface area contributed by atoms with Crippen molar-refractivity contribution in [3.8, 4) is 0 Å². The molecule has 0 amide bonds. The van der Waals surface area contributed by atoms with Crippen LogP contribution in [0.1, 0.15) is 0 Å². The zero-order chi connectivity index (χ0) is 12.3.